The maximum absolute atomic E-state index is 10.8. The number of rotatable bonds is 4. The molecule has 1 N–H and O–H groups in total. The summed E-state index contributed by atoms with van der Waals surface area (Å²) < 4.78 is 4.72. The largest absolute Gasteiger partial charge is 0.372 e. The smallest absolute Gasteiger partial charge is 0.272 e. The molecule has 1 unspecified atom stereocenters. The lowest BCUT2D eigenvalue weighted by Crippen LogP contribution is -2.33. The van der Waals surface area contributed by atoms with Crippen LogP contribution in [0.4, 0.5) is 0 Å². The topological polar surface area (TPSA) is 47.6 Å². The highest BCUT2D eigenvalue weighted by Crippen LogP contribution is 1.85. The van der Waals surface area contributed by atoms with Crippen molar-refractivity contribution in [2.24, 2.45) is 0 Å². The third-order valence-corrected chi connectivity index (χ3v) is 1.04. The fourth-order valence-electron chi connectivity index (χ4n) is 0.333. The minimum Gasteiger partial charge on any atom is -0.372 e. The van der Waals surface area contributed by atoms with Crippen molar-refractivity contribution >= 4 is 5.91 Å². The normalized spacial score (nSPS) is 12.7. The van der Waals surface area contributed by atoms with E-state index in [4.69, 9.17) is 4.74 Å². The molecule has 0 aromatic rings. The van der Waals surface area contributed by atoms with Crippen molar-refractivity contribution in [3.8, 4) is 0 Å². The molecule has 1 atom stereocenters. The molecule has 0 aliphatic rings. The number of carbonyl (C=O) groups excluding carboxylic acids is 1. The molecule has 0 rings (SSSR count). The molecular weight excluding hydrogens is 134 g/mol. The van der Waals surface area contributed by atoms with Gasteiger partial charge in [-0.3, -0.25) is 9.63 Å². The average Bonchev–Trinajstić information content (AvgIpc) is 1.98. The Bertz CT molecular complexity index is 105. The van der Waals surface area contributed by atoms with Gasteiger partial charge in [-0.05, 0) is 13.8 Å². The monoisotopic (exact) mass is 147 g/mol. The quantitative estimate of drug-likeness (QED) is 0.573. The molecule has 0 aromatic heterocycles. The molecule has 4 nitrogen and oxygen atoms in total. The summed E-state index contributed by atoms with van der Waals surface area (Å²) in [5.41, 5.74) is 2.22. The molecule has 0 aromatic carbocycles. The van der Waals surface area contributed by atoms with Crippen LogP contribution in [0.25, 0.3) is 0 Å². The van der Waals surface area contributed by atoms with Crippen LogP contribution in [0, 0.1) is 0 Å². The summed E-state index contributed by atoms with van der Waals surface area (Å²) in [6.07, 6.45) is -0.452. The first-order valence-electron chi connectivity index (χ1n) is 3.16. The van der Waals surface area contributed by atoms with Gasteiger partial charge in [0.15, 0.2) is 0 Å². The standard InChI is InChI=1S/C6H13NO3/c1-4-10-7-6(8)5(2)9-3/h5H,4H2,1-3H3,(H,7,8). The van der Waals surface area contributed by atoms with E-state index in [1.54, 1.807) is 13.8 Å². The van der Waals surface area contributed by atoms with E-state index < -0.39 is 6.10 Å². The van der Waals surface area contributed by atoms with Crippen LogP contribution < -0.4 is 5.48 Å². The number of hydrogen-bond acceptors (Lipinski definition) is 3. The van der Waals surface area contributed by atoms with E-state index >= 15 is 0 Å². The molecular formula is C6H13NO3. The summed E-state index contributed by atoms with van der Waals surface area (Å²) in [6.45, 7) is 3.90. The molecule has 1 amide bonds. The van der Waals surface area contributed by atoms with E-state index in [2.05, 4.69) is 10.3 Å². The van der Waals surface area contributed by atoms with Gasteiger partial charge in [0.2, 0.25) is 0 Å². The zero-order chi connectivity index (χ0) is 7.98. The van der Waals surface area contributed by atoms with Crippen molar-refractivity contribution < 1.29 is 14.4 Å². The van der Waals surface area contributed by atoms with Gasteiger partial charge in [0.1, 0.15) is 6.10 Å². The Balaban J connectivity index is 3.42. The fraction of sp³-hybridized carbons (Fsp3) is 0.833. The van der Waals surface area contributed by atoms with Crippen molar-refractivity contribution in [2.75, 3.05) is 13.7 Å². The molecule has 0 bridgehead atoms. The molecule has 0 fully saturated rings. The van der Waals surface area contributed by atoms with Crippen molar-refractivity contribution in [3.63, 3.8) is 0 Å². The molecule has 0 radical (unpaired) electrons. The number of ether oxygens (including phenoxy) is 1. The van der Waals surface area contributed by atoms with Crippen LogP contribution in [-0.2, 0) is 14.4 Å². The molecule has 60 valence electrons. The minimum atomic E-state index is -0.452. The maximum atomic E-state index is 10.8. The van der Waals surface area contributed by atoms with Crippen LogP contribution in [0.3, 0.4) is 0 Å². The van der Waals surface area contributed by atoms with Crippen LogP contribution in [0.2, 0.25) is 0 Å². The van der Waals surface area contributed by atoms with E-state index in [1.165, 1.54) is 7.11 Å². The van der Waals surface area contributed by atoms with Gasteiger partial charge in [0.25, 0.3) is 5.91 Å². The summed E-state index contributed by atoms with van der Waals surface area (Å²) in [5, 5.41) is 0. The summed E-state index contributed by atoms with van der Waals surface area (Å²) in [4.78, 5) is 15.4. The lowest BCUT2D eigenvalue weighted by molar-refractivity contribution is -0.142. The Morgan fingerprint density at radius 1 is 1.70 bits per heavy atom. The molecule has 10 heavy (non-hydrogen) atoms. The van der Waals surface area contributed by atoms with E-state index in [-0.39, 0.29) is 5.91 Å². The Hall–Kier alpha value is -0.610. The van der Waals surface area contributed by atoms with Crippen LogP contribution in [0.1, 0.15) is 13.8 Å². The Morgan fingerprint density at radius 3 is 2.70 bits per heavy atom. The number of hydroxylamine groups is 1. The van der Waals surface area contributed by atoms with Gasteiger partial charge in [0.05, 0.1) is 6.61 Å². The van der Waals surface area contributed by atoms with Crippen molar-refractivity contribution in [1.82, 2.24) is 5.48 Å². The van der Waals surface area contributed by atoms with Crippen molar-refractivity contribution in [2.45, 2.75) is 20.0 Å². The van der Waals surface area contributed by atoms with E-state index in [0.717, 1.165) is 0 Å². The van der Waals surface area contributed by atoms with Crippen LogP contribution in [0.15, 0.2) is 0 Å². The average molecular weight is 147 g/mol. The Morgan fingerprint density at radius 2 is 2.30 bits per heavy atom. The zero-order valence-electron chi connectivity index (χ0n) is 6.51. The summed E-state index contributed by atoms with van der Waals surface area (Å²) in [5.74, 6) is -0.260. The lowest BCUT2D eigenvalue weighted by Gasteiger charge is -2.08. The third-order valence-electron chi connectivity index (χ3n) is 1.04. The highest BCUT2D eigenvalue weighted by atomic mass is 16.7. The molecule has 0 saturated heterocycles. The number of amides is 1. The molecule has 0 spiro atoms. The third kappa shape index (κ3) is 3.42. The zero-order valence-corrected chi connectivity index (χ0v) is 6.51. The maximum Gasteiger partial charge on any atom is 0.272 e. The predicted octanol–water partition coefficient (Wildman–Crippen LogP) is 0.0890. The number of methoxy groups -OCH3 is 1. The van der Waals surface area contributed by atoms with E-state index in [1.807, 2.05) is 0 Å². The predicted molar refractivity (Wildman–Crippen MR) is 36.2 cm³/mol. The first kappa shape index (κ1) is 9.39. The number of carbonyl (C=O) groups is 1. The van der Waals surface area contributed by atoms with Crippen LogP contribution >= 0.6 is 0 Å². The van der Waals surface area contributed by atoms with Crippen molar-refractivity contribution in [1.29, 1.82) is 0 Å². The summed E-state index contributed by atoms with van der Waals surface area (Å²) >= 11 is 0. The summed E-state index contributed by atoms with van der Waals surface area (Å²) in [7, 11) is 1.47. The molecule has 0 heterocycles. The SMILES string of the molecule is CCONC(=O)C(C)OC. The van der Waals surface area contributed by atoms with Gasteiger partial charge in [-0.1, -0.05) is 0 Å². The van der Waals surface area contributed by atoms with Gasteiger partial charge < -0.3 is 4.74 Å². The molecule has 4 heteroatoms. The highest BCUT2D eigenvalue weighted by Gasteiger charge is 2.09. The van der Waals surface area contributed by atoms with Gasteiger partial charge in [-0.15, -0.1) is 0 Å². The van der Waals surface area contributed by atoms with Crippen molar-refractivity contribution in [3.05, 3.63) is 0 Å². The first-order valence-corrected chi connectivity index (χ1v) is 3.16. The van der Waals surface area contributed by atoms with E-state index in [0.29, 0.717) is 6.61 Å². The van der Waals surface area contributed by atoms with Crippen LogP contribution in [0.5, 0.6) is 0 Å². The van der Waals surface area contributed by atoms with Crippen LogP contribution in [-0.4, -0.2) is 25.7 Å². The first-order chi connectivity index (χ1) is 4.72. The molecule has 0 saturated carbocycles. The van der Waals surface area contributed by atoms with Gasteiger partial charge in [-0.25, -0.2) is 5.48 Å². The number of nitrogens with one attached hydrogen (secondary N) is 1. The lowest BCUT2D eigenvalue weighted by atomic mass is 10.4. The fourth-order valence-corrected chi connectivity index (χ4v) is 0.333. The summed E-state index contributed by atoms with van der Waals surface area (Å²) in [6, 6.07) is 0. The Kier molecular flexibility index (Phi) is 4.88. The van der Waals surface area contributed by atoms with Gasteiger partial charge in [-0.2, -0.15) is 0 Å². The highest BCUT2D eigenvalue weighted by molar-refractivity contribution is 5.79. The van der Waals surface area contributed by atoms with Gasteiger partial charge in [0, 0.05) is 7.11 Å². The second-order valence-corrected chi connectivity index (χ2v) is 1.78. The van der Waals surface area contributed by atoms with E-state index in [9.17, 15) is 4.79 Å². The van der Waals surface area contributed by atoms with Gasteiger partial charge >= 0.3 is 0 Å². The Labute approximate surface area is 60.5 Å². The molecule has 0 aliphatic carbocycles. The molecule has 0 aliphatic heterocycles. The minimum absolute atomic E-state index is 0.260. The number of hydrogen-bond donors (Lipinski definition) is 1. The second kappa shape index (κ2) is 5.20. The second-order valence-electron chi connectivity index (χ2n) is 1.78.